The molecule has 4 heteroatoms. The second-order valence-corrected chi connectivity index (χ2v) is 5.10. The van der Waals surface area contributed by atoms with Gasteiger partial charge in [0, 0.05) is 24.8 Å². The summed E-state index contributed by atoms with van der Waals surface area (Å²) in [6.45, 7) is 2.27. The molecule has 2 fully saturated rings. The van der Waals surface area contributed by atoms with E-state index < -0.39 is 0 Å². The molecule has 4 nitrogen and oxygen atoms in total. The van der Waals surface area contributed by atoms with Crippen molar-refractivity contribution in [2.75, 3.05) is 18.0 Å². The molecular formula is C13H20N4. The standard InChI is InChI=1S/C13H20N4/c1-2-7-15-11(3-1)9-17(12-4-5-12)13-6-8-14-10-16-13/h6,8,10-12,15H,1-5,7,9H2. The van der Waals surface area contributed by atoms with Gasteiger partial charge in [0.2, 0.25) is 0 Å². The summed E-state index contributed by atoms with van der Waals surface area (Å²) in [5.41, 5.74) is 0. The van der Waals surface area contributed by atoms with Crippen LogP contribution in [0.1, 0.15) is 32.1 Å². The summed E-state index contributed by atoms with van der Waals surface area (Å²) < 4.78 is 0. The van der Waals surface area contributed by atoms with Gasteiger partial charge < -0.3 is 10.2 Å². The van der Waals surface area contributed by atoms with Gasteiger partial charge in [-0.3, -0.25) is 0 Å². The maximum absolute atomic E-state index is 4.39. The van der Waals surface area contributed by atoms with Gasteiger partial charge in [-0.2, -0.15) is 0 Å². The minimum Gasteiger partial charge on any atom is -0.352 e. The third-order valence-electron chi connectivity index (χ3n) is 3.68. The second kappa shape index (κ2) is 5.00. The topological polar surface area (TPSA) is 41.0 Å². The number of hydrogen-bond acceptors (Lipinski definition) is 4. The fourth-order valence-electron chi connectivity index (χ4n) is 2.59. The molecule has 1 aromatic heterocycles. The Labute approximate surface area is 102 Å². The summed E-state index contributed by atoms with van der Waals surface area (Å²) in [6.07, 6.45) is 10.1. The predicted octanol–water partition coefficient (Wildman–Crippen LogP) is 1.59. The smallest absolute Gasteiger partial charge is 0.132 e. The molecule has 0 spiro atoms. The Morgan fingerprint density at radius 2 is 2.24 bits per heavy atom. The molecule has 2 aliphatic rings. The molecule has 1 aromatic rings. The molecular weight excluding hydrogens is 212 g/mol. The molecule has 17 heavy (non-hydrogen) atoms. The normalized spacial score (nSPS) is 24.6. The zero-order valence-corrected chi connectivity index (χ0v) is 10.2. The van der Waals surface area contributed by atoms with Gasteiger partial charge in [-0.1, -0.05) is 6.42 Å². The van der Waals surface area contributed by atoms with Crippen LogP contribution in [0.4, 0.5) is 5.82 Å². The predicted molar refractivity (Wildman–Crippen MR) is 68.0 cm³/mol. The minimum atomic E-state index is 0.638. The lowest BCUT2D eigenvalue weighted by molar-refractivity contribution is 0.397. The van der Waals surface area contributed by atoms with Crippen molar-refractivity contribution in [3.8, 4) is 0 Å². The van der Waals surface area contributed by atoms with Gasteiger partial charge in [-0.25, -0.2) is 9.97 Å². The summed E-state index contributed by atoms with van der Waals surface area (Å²) in [5.74, 6) is 1.09. The van der Waals surface area contributed by atoms with Crippen LogP contribution in [0.3, 0.4) is 0 Å². The fourth-order valence-corrected chi connectivity index (χ4v) is 2.59. The highest BCUT2D eigenvalue weighted by Crippen LogP contribution is 2.30. The molecule has 1 saturated heterocycles. The van der Waals surface area contributed by atoms with Crippen molar-refractivity contribution in [2.45, 2.75) is 44.2 Å². The van der Waals surface area contributed by atoms with Crippen molar-refractivity contribution >= 4 is 5.82 Å². The first-order chi connectivity index (χ1) is 8.43. The van der Waals surface area contributed by atoms with Crippen LogP contribution in [0.5, 0.6) is 0 Å². The lowest BCUT2D eigenvalue weighted by Crippen LogP contribution is -2.44. The first kappa shape index (κ1) is 11.0. The zero-order valence-electron chi connectivity index (χ0n) is 10.2. The Morgan fingerprint density at radius 1 is 1.29 bits per heavy atom. The van der Waals surface area contributed by atoms with Gasteiger partial charge in [-0.05, 0) is 38.3 Å². The number of hydrogen-bond donors (Lipinski definition) is 1. The van der Waals surface area contributed by atoms with Crippen molar-refractivity contribution in [2.24, 2.45) is 0 Å². The van der Waals surface area contributed by atoms with Crippen molar-refractivity contribution in [1.82, 2.24) is 15.3 Å². The van der Waals surface area contributed by atoms with Gasteiger partial charge in [0.05, 0.1) is 0 Å². The summed E-state index contributed by atoms with van der Waals surface area (Å²) in [4.78, 5) is 10.9. The summed E-state index contributed by atoms with van der Waals surface area (Å²) in [5, 5.41) is 3.62. The molecule has 3 rings (SSSR count). The van der Waals surface area contributed by atoms with Crippen LogP contribution in [0, 0.1) is 0 Å². The highest BCUT2D eigenvalue weighted by Gasteiger charge is 2.31. The van der Waals surface area contributed by atoms with Gasteiger partial charge in [-0.15, -0.1) is 0 Å². The molecule has 1 atom stereocenters. The van der Waals surface area contributed by atoms with Gasteiger partial charge in [0.15, 0.2) is 0 Å². The highest BCUT2D eigenvalue weighted by molar-refractivity contribution is 5.40. The van der Waals surface area contributed by atoms with E-state index in [0.717, 1.165) is 12.4 Å². The molecule has 0 aromatic carbocycles. The maximum Gasteiger partial charge on any atom is 0.132 e. The van der Waals surface area contributed by atoms with E-state index in [-0.39, 0.29) is 0 Å². The Balaban J connectivity index is 1.67. The van der Waals surface area contributed by atoms with E-state index in [9.17, 15) is 0 Å². The number of aromatic nitrogens is 2. The van der Waals surface area contributed by atoms with Crippen LogP contribution in [0.25, 0.3) is 0 Å². The molecule has 1 aliphatic heterocycles. The number of nitrogens with zero attached hydrogens (tertiary/aromatic N) is 3. The van der Waals surface area contributed by atoms with Crippen LogP contribution in [-0.4, -0.2) is 35.1 Å². The monoisotopic (exact) mass is 232 g/mol. The lowest BCUT2D eigenvalue weighted by atomic mass is 10.0. The van der Waals surface area contributed by atoms with Crippen LogP contribution in [0.15, 0.2) is 18.6 Å². The Kier molecular flexibility index (Phi) is 3.22. The van der Waals surface area contributed by atoms with E-state index in [1.165, 1.54) is 38.6 Å². The van der Waals surface area contributed by atoms with E-state index in [2.05, 4.69) is 20.2 Å². The van der Waals surface area contributed by atoms with Crippen LogP contribution in [0.2, 0.25) is 0 Å². The average molecular weight is 232 g/mol. The third kappa shape index (κ3) is 2.75. The van der Waals surface area contributed by atoms with E-state index >= 15 is 0 Å². The van der Waals surface area contributed by atoms with E-state index in [0.29, 0.717) is 12.1 Å². The fraction of sp³-hybridized carbons (Fsp3) is 0.692. The molecule has 1 saturated carbocycles. The average Bonchev–Trinajstić information content (AvgIpc) is 3.23. The quantitative estimate of drug-likeness (QED) is 0.856. The molecule has 2 heterocycles. The first-order valence-corrected chi connectivity index (χ1v) is 6.69. The third-order valence-corrected chi connectivity index (χ3v) is 3.68. The number of rotatable bonds is 4. The highest BCUT2D eigenvalue weighted by atomic mass is 15.3. The van der Waals surface area contributed by atoms with E-state index in [1.807, 2.05) is 12.3 Å². The first-order valence-electron chi connectivity index (χ1n) is 6.69. The second-order valence-electron chi connectivity index (χ2n) is 5.10. The minimum absolute atomic E-state index is 0.638. The largest absolute Gasteiger partial charge is 0.352 e. The molecule has 92 valence electrons. The zero-order chi connectivity index (χ0) is 11.5. The van der Waals surface area contributed by atoms with Crippen LogP contribution in [-0.2, 0) is 0 Å². The number of anilines is 1. The SMILES string of the molecule is c1cc(N(CC2CCCCN2)C2CC2)ncn1. The Hall–Kier alpha value is -1.16. The molecule has 1 aliphatic carbocycles. The summed E-state index contributed by atoms with van der Waals surface area (Å²) in [6, 6.07) is 3.38. The molecule has 0 amide bonds. The van der Waals surface area contributed by atoms with Crippen molar-refractivity contribution in [3.05, 3.63) is 18.6 Å². The Bertz CT molecular complexity index is 344. The molecule has 1 unspecified atom stereocenters. The van der Waals surface area contributed by atoms with Crippen molar-refractivity contribution in [1.29, 1.82) is 0 Å². The number of piperidine rings is 1. The lowest BCUT2D eigenvalue weighted by Gasteiger charge is -2.31. The van der Waals surface area contributed by atoms with Crippen LogP contribution < -0.4 is 10.2 Å². The summed E-state index contributed by atoms with van der Waals surface area (Å²) in [7, 11) is 0. The Morgan fingerprint density at radius 3 is 2.88 bits per heavy atom. The van der Waals surface area contributed by atoms with Gasteiger partial charge in [0.25, 0.3) is 0 Å². The molecule has 0 bridgehead atoms. The van der Waals surface area contributed by atoms with Gasteiger partial charge in [0.1, 0.15) is 12.1 Å². The number of nitrogens with one attached hydrogen (secondary N) is 1. The molecule has 1 N–H and O–H groups in total. The molecule has 0 radical (unpaired) electrons. The van der Waals surface area contributed by atoms with E-state index in [4.69, 9.17) is 0 Å². The maximum atomic E-state index is 4.39. The van der Waals surface area contributed by atoms with E-state index in [1.54, 1.807) is 6.33 Å². The van der Waals surface area contributed by atoms with Crippen molar-refractivity contribution in [3.63, 3.8) is 0 Å². The van der Waals surface area contributed by atoms with Gasteiger partial charge >= 0.3 is 0 Å². The van der Waals surface area contributed by atoms with Crippen LogP contribution >= 0.6 is 0 Å². The van der Waals surface area contributed by atoms with Crippen molar-refractivity contribution < 1.29 is 0 Å². The summed E-state index contributed by atoms with van der Waals surface area (Å²) >= 11 is 0.